The minimum atomic E-state index is -0.879. The van der Waals surface area contributed by atoms with Gasteiger partial charge in [0.2, 0.25) is 0 Å². The lowest BCUT2D eigenvalue weighted by molar-refractivity contribution is 0.0697. The fraction of sp³-hybridized carbons (Fsp3) is 0.409. The van der Waals surface area contributed by atoms with E-state index in [1.165, 1.54) is 16.7 Å². The lowest BCUT2D eigenvalue weighted by Gasteiger charge is -2.00. The maximum atomic E-state index is 10.2. The number of rotatable bonds is 8. The number of benzene rings is 1. The summed E-state index contributed by atoms with van der Waals surface area (Å²) in [6.45, 7) is 8.71. The van der Waals surface area contributed by atoms with E-state index in [2.05, 4.69) is 39.8 Å². The van der Waals surface area contributed by atoms with E-state index >= 15 is 0 Å². The second kappa shape index (κ2) is 14.2. The predicted octanol–water partition coefficient (Wildman–Crippen LogP) is 5.78. The van der Waals surface area contributed by atoms with E-state index in [-0.39, 0.29) is 6.61 Å². The van der Waals surface area contributed by atoms with Crippen molar-refractivity contribution < 1.29 is 15.0 Å². The molecule has 0 aliphatic rings. The third-order valence-electron chi connectivity index (χ3n) is 3.58. The number of carboxylic acids is 1. The highest BCUT2D eigenvalue weighted by Gasteiger charge is 1.96. The van der Waals surface area contributed by atoms with E-state index in [1.807, 2.05) is 6.08 Å². The number of aromatic carboxylic acids is 1. The molecule has 0 heterocycles. The fourth-order valence-electron chi connectivity index (χ4n) is 2.08. The van der Waals surface area contributed by atoms with Crippen LogP contribution in [-0.4, -0.2) is 22.8 Å². The Kier molecular flexibility index (Phi) is 13.0. The molecular formula is C22H32O3. The van der Waals surface area contributed by atoms with Gasteiger partial charge in [0.15, 0.2) is 0 Å². The molecule has 1 aromatic rings. The number of carbonyl (C=O) groups is 1. The second-order valence-corrected chi connectivity index (χ2v) is 6.31. The molecule has 0 bridgehead atoms. The third-order valence-corrected chi connectivity index (χ3v) is 3.58. The molecule has 0 saturated carbocycles. The van der Waals surface area contributed by atoms with Crippen molar-refractivity contribution in [2.75, 3.05) is 6.61 Å². The normalized spacial score (nSPS) is 11.4. The smallest absolute Gasteiger partial charge is 0.335 e. The molecule has 138 valence electrons. The first-order valence-electron chi connectivity index (χ1n) is 8.70. The molecule has 0 unspecified atom stereocenters. The molecule has 1 aromatic carbocycles. The Bertz CT molecular complexity index is 577. The van der Waals surface area contributed by atoms with Crippen LogP contribution in [0.15, 0.2) is 65.3 Å². The van der Waals surface area contributed by atoms with Gasteiger partial charge in [-0.1, -0.05) is 53.1 Å². The molecule has 0 saturated heterocycles. The van der Waals surface area contributed by atoms with Crippen LogP contribution in [0.1, 0.15) is 63.7 Å². The van der Waals surface area contributed by atoms with E-state index in [4.69, 9.17) is 10.2 Å². The molecule has 0 radical (unpaired) electrons. The van der Waals surface area contributed by atoms with Crippen molar-refractivity contribution in [2.45, 2.75) is 53.4 Å². The summed E-state index contributed by atoms with van der Waals surface area (Å²) >= 11 is 0. The standard InChI is InChI=1S/C15H26O.C7H6O2/c1-13(2)7-5-8-14(3)9-6-10-15(4)11-12-16;8-7(9)6-4-2-1-3-5-6/h7,9,11,16H,5-6,8,10,12H2,1-4H3;1-5H,(H,8,9). The lowest BCUT2D eigenvalue weighted by atomic mass is 10.1. The van der Waals surface area contributed by atoms with Crippen molar-refractivity contribution in [1.29, 1.82) is 0 Å². The molecule has 3 heteroatoms. The molecular weight excluding hydrogens is 312 g/mol. The number of aliphatic hydroxyl groups is 1. The SMILES string of the molecule is CC(C)=CCCC(C)=CCCC(C)=CCO.O=C(O)c1ccccc1. The van der Waals surface area contributed by atoms with Gasteiger partial charge in [0.25, 0.3) is 0 Å². The zero-order valence-electron chi connectivity index (χ0n) is 16.0. The molecule has 0 atom stereocenters. The number of aliphatic hydroxyl groups excluding tert-OH is 1. The van der Waals surface area contributed by atoms with E-state index in [0.717, 1.165) is 25.7 Å². The minimum Gasteiger partial charge on any atom is -0.478 e. The Morgan fingerprint density at radius 3 is 1.84 bits per heavy atom. The Morgan fingerprint density at radius 2 is 1.40 bits per heavy atom. The van der Waals surface area contributed by atoms with Crippen LogP contribution in [0.2, 0.25) is 0 Å². The number of carboxylic acid groups (broad SMARTS) is 1. The summed E-state index contributed by atoms with van der Waals surface area (Å²) in [5.74, 6) is -0.879. The molecule has 0 aromatic heterocycles. The van der Waals surface area contributed by atoms with Gasteiger partial charge in [0, 0.05) is 0 Å². The van der Waals surface area contributed by atoms with E-state index in [0.29, 0.717) is 5.56 Å². The molecule has 0 aliphatic heterocycles. The average Bonchev–Trinajstić information content (AvgIpc) is 2.56. The first kappa shape index (κ1) is 22.9. The highest BCUT2D eigenvalue weighted by molar-refractivity contribution is 5.87. The van der Waals surface area contributed by atoms with Crippen molar-refractivity contribution in [1.82, 2.24) is 0 Å². The van der Waals surface area contributed by atoms with Crippen LogP contribution in [0, 0.1) is 0 Å². The van der Waals surface area contributed by atoms with Gasteiger partial charge in [-0.25, -0.2) is 4.79 Å². The van der Waals surface area contributed by atoms with Crippen LogP contribution in [0.4, 0.5) is 0 Å². The summed E-state index contributed by atoms with van der Waals surface area (Å²) < 4.78 is 0. The van der Waals surface area contributed by atoms with Gasteiger partial charge in [-0.05, 0) is 65.5 Å². The molecule has 3 nitrogen and oxygen atoms in total. The van der Waals surface area contributed by atoms with Gasteiger partial charge < -0.3 is 10.2 Å². The molecule has 25 heavy (non-hydrogen) atoms. The quantitative estimate of drug-likeness (QED) is 0.587. The summed E-state index contributed by atoms with van der Waals surface area (Å²) in [4.78, 5) is 10.2. The molecule has 0 fully saturated rings. The van der Waals surface area contributed by atoms with E-state index in [1.54, 1.807) is 30.3 Å². The van der Waals surface area contributed by atoms with Gasteiger partial charge in [0.05, 0.1) is 12.2 Å². The topological polar surface area (TPSA) is 57.5 Å². The highest BCUT2D eigenvalue weighted by atomic mass is 16.4. The van der Waals surface area contributed by atoms with Crippen LogP contribution < -0.4 is 0 Å². The Hall–Kier alpha value is -2.13. The number of hydrogen-bond acceptors (Lipinski definition) is 2. The van der Waals surface area contributed by atoms with Crippen LogP contribution >= 0.6 is 0 Å². The zero-order valence-corrected chi connectivity index (χ0v) is 16.0. The van der Waals surface area contributed by atoms with Crippen molar-refractivity contribution in [3.63, 3.8) is 0 Å². The van der Waals surface area contributed by atoms with Crippen molar-refractivity contribution in [3.8, 4) is 0 Å². The summed E-state index contributed by atoms with van der Waals surface area (Å²) in [6.07, 6.45) is 10.9. The summed E-state index contributed by atoms with van der Waals surface area (Å²) in [5.41, 5.74) is 4.47. The van der Waals surface area contributed by atoms with Gasteiger partial charge in [0.1, 0.15) is 0 Å². The second-order valence-electron chi connectivity index (χ2n) is 6.31. The van der Waals surface area contributed by atoms with E-state index in [9.17, 15) is 4.79 Å². The molecule has 2 N–H and O–H groups in total. The van der Waals surface area contributed by atoms with Crippen LogP contribution in [0.5, 0.6) is 0 Å². The zero-order chi connectivity index (χ0) is 19.1. The third kappa shape index (κ3) is 14.0. The summed E-state index contributed by atoms with van der Waals surface area (Å²) in [7, 11) is 0. The average molecular weight is 344 g/mol. The maximum absolute atomic E-state index is 10.2. The minimum absolute atomic E-state index is 0.162. The van der Waals surface area contributed by atoms with Gasteiger partial charge in [-0.2, -0.15) is 0 Å². The van der Waals surface area contributed by atoms with Crippen molar-refractivity contribution in [3.05, 3.63) is 70.8 Å². The number of allylic oxidation sites excluding steroid dienone is 5. The summed E-state index contributed by atoms with van der Waals surface area (Å²) in [5, 5.41) is 17.1. The first-order chi connectivity index (χ1) is 11.9. The Morgan fingerprint density at radius 1 is 0.880 bits per heavy atom. The van der Waals surface area contributed by atoms with Gasteiger partial charge in [-0.3, -0.25) is 0 Å². The molecule has 1 rings (SSSR count). The molecule has 0 amide bonds. The Balaban J connectivity index is 0.000000535. The summed E-state index contributed by atoms with van der Waals surface area (Å²) in [6, 6.07) is 8.30. The van der Waals surface area contributed by atoms with Crippen molar-refractivity contribution >= 4 is 5.97 Å². The van der Waals surface area contributed by atoms with Gasteiger partial charge >= 0.3 is 5.97 Å². The largest absolute Gasteiger partial charge is 0.478 e. The first-order valence-corrected chi connectivity index (χ1v) is 8.70. The molecule has 0 spiro atoms. The highest BCUT2D eigenvalue weighted by Crippen LogP contribution is 2.11. The van der Waals surface area contributed by atoms with Crippen LogP contribution in [-0.2, 0) is 0 Å². The van der Waals surface area contributed by atoms with Crippen molar-refractivity contribution in [2.24, 2.45) is 0 Å². The van der Waals surface area contributed by atoms with Gasteiger partial charge in [-0.15, -0.1) is 0 Å². The lowest BCUT2D eigenvalue weighted by Crippen LogP contribution is -1.93. The Labute approximate surface area is 152 Å². The predicted molar refractivity (Wildman–Crippen MR) is 106 cm³/mol. The fourth-order valence-corrected chi connectivity index (χ4v) is 2.08. The van der Waals surface area contributed by atoms with Crippen LogP contribution in [0.3, 0.4) is 0 Å². The molecule has 0 aliphatic carbocycles. The van der Waals surface area contributed by atoms with E-state index < -0.39 is 5.97 Å². The maximum Gasteiger partial charge on any atom is 0.335 e. The monoisotopic (exact) mass is 344 g/mol. The number of hydrogen-bond donors (Lipinski definition) is 2. The van der Waals surface area contributed by atoms with Crippen LogP contribution in [0.25, 0.3) is 0 Å².